The summed E-state index contributed by atoms with van der Waals surface area (Å²) in [6.07, 6.45) is 4.62. The monoisotopic (exact) mass is 228 g/mol. The minimum Gasteiger partial charge on any atom is -0.504 e. The molecule has 1 aromatic rings. The Morgan fingerprint density at radius 3 is 2.80 bits per heavy atom. The first-order chi connectivity index (χ1) is 7.24. The van der Waals surface area contributed by atoms with Gasteiger partial charge < -0.3 is 9.84 Å². The third-order valence-corrected chi connectivity index (χ3v) is 2.41. The summed E-state index contributed by atoms with van der Waals surface area (Å²) in [4.78, 5) is 0. The fourth-order valence-corrected chi connectivity index (χ4v) is 1.48. The van der Waals surface area contributed by atoms with Crippen LogP contribution >= 0.6 is 11.6 Å². The van der Waals surface area contributed by atoms with Crippen molar-refractivity contribution in [3.05, 3.63) is 23.2 Å². The molecule has 1 aromatic carbocycles. The first-order valence-electron chi connectivity index (χ1n) is 5.35. The van der Waals surface area contributed by atoms with Crippen LogP contribution in [0.1, 0.15) is 32.6 Å². The molecule has 0 aliphatic rings. The van der Waals surface area contributed by atoms with E-state index in [0.29, 0.717) is 17.4 Å². The zero-order valence-corrected chi connectivity index (χ0v) is 9.76. The number of aromatic hydroxyl groups is 1. The molecule has 1 rings (SSSR count). The van der Waals surface area contributed by atoms with E-state index in [-0.39, 0.29) is 5.75 Å². The predicted octanol–water partition coefficient (Wildman–Crippen LogP) is 4.00. The molecule has 0 aliphatic carbocycles. The van der Waals surface area contributed by atoms with Crippen LogP contribution in [0.15, 0.2) is 18.2 Å². The van der Waals surface area contributed by atoms with Crippen molar-refractivity contribution < 1.29 is 9.84 Å². The van der Waals surface area contributed by atoms with Crippen LogP contribution in [0, 0.1) is 0 Å². The molecule has 0 bridgehead atoms. The van der Waals surface area contributed by atoms with E-state index in [0.717, 1.165) is 12.8 Å². The Balaban J connectivity index is 2.33. The number of benzene rings is 1. The van der Waals surface area contributed by atoms with Gasteiger partial charge in [0.25, 0.3) is 0 Å². The van der Waals surface area contributed by atoms with E-state index in [2.05, 4.69) is 6.92 Å². The van der Waals surface area contributed by atoms with Crippen molar-refractivity contribution in [1.29, 1.82) is 0 Å². The van der Waals surface area contributed by atoms with E-state index in [9.17, 15) is 5.11 Å². The molecule has 2 nitrogen and oxygen atoms in total. The van der Waals surface area contributed by atoms with E-state index in [1.165, 1.54) is 12.8 Å². The summed E-state index contributed by atoms with van der Waals surface area (Å²) in [5.41, 5.74) is 0. The summed E-state index contributed by atoms with van der Waals surface area (Å²) in [5.74, 6) is 0.619. The van der Waals surface area contributed by atoms with Crippen LogP contribution in [-0.2, 0) is 0 Å². The van der Waals surface area contributed by atoms with E-state index < -0.39 is 0 Å². The maximum atomic E-state index is 9.45. The first-order valence-corrected chi connectivity index (χ1v) is 5.73. The maximum Gasteiger partial charge on any atom is 0.162 e. The zero-order valence-electron chi connectivity index (χ0n) is 9.00. The minimum absolute atomic E-state index is 0.148. The Bertz CT molecular complexity index is 300. The highest BCUT2D eigenvalue weighted by Gasteiger charge is 2.02. The van der Waals surface area contributed by atoms with Gasteiger partial charge in [0, 0.05) is 11.1 Å². The number of phenolic OH excluding ortho intramolecular Hbond substituents is 1. The van der Waals surface area contributed by atoms with Gasteiger partial charge in [0.1, 0.15) is 0 Å². The standard InChI is InChI=1S/C12H17ClO2/c1-2-3-4-5-8-15-12-9-10(13)6-7-11(12)14/h6-7,9,14H,2-5,8H2,1H3. The van der Waals surface area contributed by atoms with Gasteiger partial charge in [-0.25, -0.2) is 0 Å². The quantitative estimate of drug-likeness (QED) is 0.746. The van der Waals surface area contributed by atoms with Gasteiger partial charge in [0.2, 0.25) is 0 Å². The molecule has 0 aliphatic heterocycles. The molecule has 0 saturated carbocycles. The van der Waals surface area contributed by atoms with Crippen LogP contribution in [0.5, 0.6) is 11.5 Å². The smallest absolute Gasteiger partial charge is 0.162 e. The highest BCUT2D eigenvalue weighted by Crippen LogP contribution is 2.28. The molecule has 0 atom stereocenters. The largest absolute Gasteiger partial charge is 0.504 e. The molecular weight excluding hydrogens is 212 g/mol. The number of halogens is 1. The Kier molecular flexibility index (Phi) is 5.33. The van der Waals surface area contributed by atoms with Gasteiger partial charge in [-0.3, -0.25) is 0 Å². The van der Waals surface area contributed by atoms with Crippen molar-refractivity contribution in [3.8, 4) is 11.5 Å². The molecule has 0 heterocycles. The van der Waals surface area contributed by atoms with Crippen molar-refractivity contribution in [1.82, 2.24) is 0 Å². The van der Waals surface area contributed by atoms with Gasteiger partial charge in [0.15, 0.2) is 11.5 Å². The molecule has 1 N–H and O–H groups in total. The molecule has 0 fully saturated rings. The average Bonchev–Trinajstić information content (AvgIpc) is 2.23. The van der Waals surface area contributed by atoms with Crippen LogP contribution in [0.2, 0.25) is 5.02 Å². The van der Waals surface area contributed by atoms with Crippen molar-refractivity contribution in [3.63, 3.8) is 0 Å². The zero-order chi connectivity index (χ0) is 11.1. The molecule has 3 heteroatoms. The van der Waals surface area contributed by atoms with Gasteiger partial charge in [-0.2, -0.15) is 0 Å². The van der Waals surface area contributed by atoms with Crippen molar-refractivity contribution >= 4 is 11.6 Å². The Morgan fingerprint density at radius 2 is 2.07 bits per heavy atom. The van der Waals surface area contributed by atoms with Crippen LogP contribution in [-0.4, -0.2) is 11.7 Å². The Hall–Kier alpha value is -0.890. The number of hydrogen-bond acceptors (Lipinski definition) is 2. The fourth-order valence-electron chi connectivity index (χ4n) is 1.31. The van der Waals surface area contributed by atoms with Gasteiger partial charge in [-0.1, -0.05) is 37.8 Å². The molecular formula is C12H17ClO2. The Morgan fingerprint density at radius 1 is 1.27 bits per heavy atom. The summed E-state index contributed by atoms with van der Waals surface area (Å²) in [5, 5.41) is 10.0. The lowest BCUT2D eigenvalue weighted by atomic mass is 10.2. The molecule has 0 aromatic heterocycles. The van der Waals surface area contributed by atoms with Crippen LogP contribution in [0.4, 0.5) is 0 Å². The van der Waals surface area contributed by atoms with Gasteiger partial charge in [-0.05, 0) is 18.6 Å². The second kappa shape index (κ2) is 6.57. The highest BCUT2D eigenvalue weighted by molar-refractivity contribution is 6.30. The molecule has 0 saturated heterocycles. The topological polar surface area (TPSA) is 29.5 Å². The number of phenols is 1. The van der Waals surface area contributed by atoms with E-state index in [4.69, 9.17) is 16.3 Å². The van der Waals surface area contributed by atoms with E-state index >= 15 is 0 Å². The van der Waals surface area contributed by atoms with Crippen molar-refractivity contribution in [2.45, 2.75) is 32.6 Å². The van der Waals surface area contributed by atoms with E-state index in [1.807, 2.05) is 0 Å². The lowest BCUT2D eigenvalue weighted by Gasteiger charge is -2.07. The second-order valence-corrected chi connectivity index (χ2v) is 3.96. The van der Waals surface area contributed by atoms with Crippen molar-refractivity contribution in [2.24, 2.45) is 0 Å². The van der Waals surface area contributed by atoms with Gasteiger partial charge in [-0.15, -0.1) is 0 Å². The summed E-state index contributed by atoms with van der Waals surface area (Å²) in [6.45, 7) is 2.80. The van der Waals surface area contributed by atoms with Crippen molar-refractivity contribution in [2.75, 3.05) is 6.61 Å². The molecule has 0 spiro atoms. The maximum absolute atomic E-state index is 9.45. The number of rotatable bonds is 6. The van der Waals surface area contributed by atoms with Crippen LogP contribution in [0.3, 0.4) is 0 Å². The van der Waals surface area contributed by atoms with Gasteiger partial charge in [0.05, 0.1) is 6.61 Å². The highest BCUT2D eigenvalue weighted by atomic mass is 35.5. The average molecular weight is 229 g/mol. The summed E-state index contributed by atoms with van der Waals surface area (Å²) in [7, 11) is 0. The lowest BCUT2D eigenvalue weighted by Crippen LogP contribution is -1.97. The third kappa shape index (κ3) is 4.43. The lowest BCUT2D eigenvalue weighted by molar-refractivity contribution is 0.289. The predicted molar refractivity (Wildman–Crippen MR) is 62.8 cm³/mol. The number of ether oxygens (including phenoxy) is 1. The molecule has 0 amide bonds. The van der Waals surface area contributed by atoms with Crippen LogP contribution < -0.4 is 4.74 Å². The number of hydrogen-bond donors (Lipinski definition) is 1. The molecule has 0 unspecified atom stereocenters. The van der Waals surface area contributed by atoms with Gasteiger partial charge >= 0.3 is 0 Å². The molecule has 0 radical (unpaired) electrons. The molecule has 84 valence electrons. The normalized spacial score (nSPS) is 10.3. The number of unbranched alkanes of at least 4 members (excludes halogenated alkanes) is 3. The molecule has 15 heavy (non-hydrogen) atoms. The Labute approximate surface area is 95.8 Å². The second-order valence-electron chi connectivity index (χ2n) is 3.52. The van der Waals surface area contributed by atoms with Crippen LogP contribution in [0.25, 0.3) is 0 Å². The SMILES string of the molecule is CCCCCCOc1cc(Cl)ccc1O. The first kappa shape index (κ1) is 12.2. The summed E-state index contributed by atoms with van der Waals surface area (Å²) >= 11 is 5.79. The fraction of sp³-hybridized carbons (Fsp3) is 0.500. The van der Waals surface area contributed by atoms with E-state index in [1.54, 1.807) is 18.2 Å². The third-order valence-electron chi connectivity index (χ3n) is 2.18. The summed E-state index contributed by atoms with van der Waals surface area (Å²) in [6, 6.07) is 4.82. The summed E-state index contributed by atoms with van der Waals surface area (Å²) < 4.78 is 5.43. The minimum atomic E-state index is 0.148.